The standard InChI is InChI=1S/C10H12N2O.ClH/c11-7-8-2-1-3-9(6-8)10(12)4-5-13;/h1-3,6,10,13H,4-5,12H2;1H/t10-;/m1./s1. The monoisotopic (exact) mass is 212 g/mol. The molecule has 0 aliphatic rings. The highest BCUT2D eigenvalue weighted by atomic mass is 35.5. The minimum atomic E-state index is -0.182. The van der Waals surface area contributed by atoms with Crippen LogP contribution in [-0.4, -0.2) is 11.7 Å². The second kappa shape index (κ2) is 6.39. The second-order valence-electron chi connectivity index (χ2n) is 2.86. The quantitative estimate of drug-likeness (QED) is 0.795. The van der Waals surface area contributed by atoms with E-state index < -0.39 is 0 Å². The summed E-state index contributed by atoms with van der Waals surface area (Å²) >= 11 is 0. The first-order chi connectivity index (χ1) is 6.27. The highest BCUT2D eigenvalue weighted by molar-refractivity contribution is 5.85. The van der Waals surface area contributed by atoms with Gasteiger partial charge in [0.25, 0.3) is 0 Å². The first-order valence-electron chi connectivity index (χ1n) is 4.14. The van der Waals surface area contributed by atoms with Crippen molar-refractivity contribution in [3.05, 3.63) is 35.4 Å². The third-order valence-electron chi connectivity index (χ3n) is 1.88. The summed E-state index contributed by atoms with van der Waals surface area (Å²) in [5.41, 5.74) is 7.26. The van der Waals surface area contributed by atoms with Crippen LogP contribution in [0.5, 0.6) is 0 Å². The molecule has 0 heterocycles. The smallest absolute Gasteiger partial charge is 0.0991 e. The molecular formula is C10H13ClN2O. The molecular weight excluding hydrogens is 200 g/mol. The van der Waals surface area contributed by atoms with Gasteiger partial charge in [0.05, 0.1) is 11.6 Å². The normalized spacial score (nSPS) is 11.2. The third-order valence-corrected chi connectivity index (χ3v) is 1.88. The van der Waals surface area contributed by atoms with Gasteiger partial charge in [-0.15, -0.1) is 12.4 Å². The van der Waals surface area contributed by atoms with Crippen LogP contribution in [0.3, 0.4) is 0 Å². The molecule has 4 heteroatoms. The largest absolute Gasteiger partial charge is 0.396 e. The van der Waals surface area contributed by atoms with Crippen molar-refractivity contribution in [1.29, 1.82) is 5.26 Å². The van der Waals surface area contributed by atoms with Gasteiger partial charge in [-0.05, 0) is 24.1 Å². The molecule has 0 fully saturated rings. The van der Waals surface area contributed by atoms with Crippen LogP contribution < -0.4 is 5.73 Å². The average Bonchev–Trinajstić information content (AvgIpc) is 2.18. The van der Waals surface area contributed by atoms with Gasteiger partial charge in [0.1, 0.15) is 0 Å². The number of nitrogens with zero attached hydrogens (tertiary/aromatic N) is 1. The molecule has 1 aromatic carbocycles. The van der Waals surface area contributed by atoms with Crippen LogP contribution in [-0.2, 0) is 0 Å². The molecule has 1 aromatic rings. The molecule has 0 aromatic heterocycles. The van der Waals surface area contributed by atoms with E-state index in [1.54, 1.807) is 18.2 Å². The van der Waals surface area contributed by atoms with Gasteiger partial charge in [-0.2, -0.15) is 5.26 Å². The Bertz CT molecular complexity index is 322. The number of benzene rings is 1. The van der Waals surface area contributed by atoms with Crippen LogP contribution in [0.25, 0.3) is 0 Å². The van der Waals surface area contributed by atoms with Crippen molar-refractivity contribution in [1.82, 2.24) is 0 Å². The summed E-state index contributed by atoms with van der Waals surface area (Å²) in [5.74, 6) is 0. The van der Waals surface area contributed by atoms with E-state index in [1.165, 1.54) is 0 Å². The lowest BCUT2D eigenvalue weighted by Gasteiger charge is -2.09. The maximum atomic E-state index is 8.68. The van der Waals surface area contributed by atoms with Gasteiger partial charge in [-0.25, -0.2) is 0 Å². The van der Waals surface area contributed by atoms with Crippen molar-refractivity contribution in [3.63, 3.8) is 0 Å². The average molecular weight is 213 g/mol. The minimum absolute atomic E-state index is 0. The molecule has 0 amide bonds. The molecule has 3 N–H and O–H groups in total. The molecule has 0 radical (unpaired) electrons. The van der Waals surface area contributed by atoms with Crippen molar-refractivity contribution >= 4 is 12.4 Å². The van der Waals surface area contributed by atoms with Gasteiger partial charge in [-0.3, -0.25) is 0 Å². The number of aliphatic hydroxyl groups is 1. The van der Waals surface area contributed by atoms with E-state index in [2.05, 4.69) is 0 Å². The van der Waals surface area contributed by atoms with E-state index in [-0.39, 0.29) is 25.1 Å². The Morgan fingerprint density at radius 1 is 1.50 bits per heavy atom. The SMILES string of the molecule is Cl.N#Cc1cccc([C@H](N)CCO)c1. The number of halogens is 1. The van der Waals surface area contributed by atoms with Gasteiger partial charge in [0.2, 0.25) is 0 Å². The maximum absolute atomic E-state index is 8.68. The second-order valence-corrected chi connectivity index (χ2v) is 2.86. The molecule has 0 saturated heterocycles. The van der Waals surface area contributed by atoms with Crippen LogP contribution in [0.1, 0.15) is 23.6 Å². The lowest BCUT2D eigenvalue weighted by atomic mass is 10.0. The van der Waals surface area contributed by atoms with Gasteiger partial charge in [0, 0.05) is 12.6 Å². The molecule has 14 heavy (non-hydrogen) atoms. The zero-order chi connectivity index (χ0) is 9.68. The fourth-order valence-electron chi connectivity index (χ4n) is 1.14. The molecule has 0 saturated carbocycles. The summed E-state index contributed by atoms with van der Waals surface area (Å²) < 4.78 is 0. The Kier molecular flexibility index (Phi) is 5.89. The molecule has 76 valence electrons. The van der Waals surface area contributed by atoms with Gasteiger partial charge in [0.15, 0.2) is 0 Å². The Morgan fingerprint density at radius 3 is 2.79 bits per heavy atom. The lowest BCUT2D eigenvalue weighted by molar-refractivity contribution is 0.276. The molecule has 0 unspecified atom stereocenters. The summed E-state index contributed by atoms with van der Waals surface area (Å²) in [6.45, 7) is 0.0674. The van der Waals surface area contributed by atoms with Gasteiger partial charge >= 0.3 is 0 Å². The van der Waals surface area contributed by atoms with Crippen LogP contribution in [0.15, 0.2) is 24.3 Å². The Hall–Kier alpha value is -1.08. The number of hydrogen-bond donors (Lipinski definition) is 2. The fraction of sp³-hybridized carbons (Fsp3) is 0.300. The van der Waals surface area contributed by atoms with E-state index in [0.717, 1.165) is 5.56 Å². The number of nitriles is 1. The first kappa shape index (κ1) is 12.9. The zero-order valence-electron chi connectivity index (χ0n) is 7.68. The highest BCUT2D eigenvalue weighted by Gasteiger charge is 2.04. The Balaban J connectivity index is 0.00000169. The zero-order valence-corrected chi connectivity index (χ0v) is 8.50. The third kappa shape index (κ3) is 3.35. The Labute approximate surface area is 89.6 Å². The van der Waals surface area contributed by atoms with Crippen molar-refractivity contribution in [2.75, 3.05) is 6.61 Å². The minimum Gasteiger partial charge on any atom is -0.396 e. The van der Waals surface area contributed by atoms with E-state index in [9.17, 15) is 0 Å². The van der Waals surface area contributed by atoms with Crippen LogP contribution in [0.4, 0.5) is 0 Å². The van der Waals surface area contributed by atoms with Crippen molar-refractivity contribution < 1.29 is 5.11 Å². The summed E-state index contributed by atoms with van der Waals surface area (Å²) in [7, 11) is 0. The van der Waals surface area contributed by atoms with E-state index in [0.29, 0.717) is 12.0 Å². The predicted octanol–water partition coefficient (Wildman–Crippen LogP) is 1.36. The molecule has 1 atom stereocenters. The number of aliphatic hydroxyl groups excluding tert-OH is 1. The summed E-state index contributed by atoms with van der Waals surface area (Å²) in [6, 6.07) is 9.00. The summed E-state index contributed by atoms with van der Waals surface area (Å²) in [6.07, 6.45) is 0.523. The van der Waals surface area contributed by atoms with Gasteiger partial charge in [-0.1, -0.05) is 12.1 Å². The predicted molar refractivity (Wildman–Crippen MR) is 57.0 cm³/mol. The first-order valence-corrected chi connectivity index (χ1v) is 4.14. The van der Waals surface area contributed by atoms with E-state index in [1.807, 2.05) is 12.1 Å². The van der Waals surface area contributed by atoms with Crippen molar-refractivity contribution in [3.8, 4) is 6.07 Å². The molecule has 0 aliphatic carbocycles. The topological polar surface area (TPSA) is 70.0 Å². The maximum Gasteiger partial charge on any atom is 0.0991 e. The fourth-order valence-corrected chi connectivity index (χ4v) is 1.14. The molecule has 0 spiro atoms. The number of nitrogens with two attached hydrogens (primary N) is 1. The van der Waals surface area contributed by atoms with Crippen LogP contribution in [0, 0.1) is 11.3 Å². The lowest BCUT2D eigenvalue weighted by Crippen LogP contribution is -2.11. The number of rotatable bonds is 3. The number of hydrogen-bond acceptors (Lipinski definition) is 3. The summed E-state index contributed by atoms with van der Waals surface area (Å²) in [4.78, 5) is 0. The molecule has 1 rings (SSSR count). The van der Waals surface area contributed by atoms with Gasteiger partial charge < -0.3 is 10.8 Å². The molecule has 0 bridgehead atoms. The highest BCUT2D eigenvalue weighted by Crippen LogP contribution is 2.14. The van der Waals surface area contributed by atoms with E-state index in [4.69, 9.17) is 16.1 Å². The van der Waals surface area contributed by atoms with Crippen molar-refractivity contribution in [2.24, 2.45) is 5.73 Å². The van der Waals surface area contributed by atoms with Crippen LogP contribution >= 0.6 is 12.4 Å². The molecule has 3 nitrogen and oxygen atoms in total. The summed E-state index contributed by atoms with van der Waals surface area (Å²) in [5, 5.41) is 17.3. The molecule has 0 aliphatic heterocycles. The van der Waals surface area contributed by atoms with Crippen molar-refractivity contribution in [2.45, 2.75) is 12.5 Å². The Morgan fingerprint density at radius 2 is 2.21 bits per heavy atom. The van der Waals surface area contributed by atoms with Crippen LogP contribution in [0.2, 0.25) is 0 Å². The van der Waals surface area contributed by atoms with E-state index >= 15 is 0 Å².